The first-order valence-electron chi connectivity index (χ1n) is 6.84. The second kappa shape index (κ2) is 7.50. The van der Waals surface area contributed by atoms with E-state index in [1.807, 2.05) is 30.3 Å². The van der Waals surface area contributed by atoms with E-state index in [4.69, 9.17) is 21.1 Å². The molecule has 0 spiro atoms. The highest BCUT2D eigenvalue weighted by Gasteiger charge is 2.32. The molecule has 1 aliphatic heterocycles. The first kappa shape index (κ1) is 15.1. The number of likely N-dealkylation sites (tertiary alicyclic amines) is 1. The van der Waals surface area contributed by atoms with Gasteiger partial charge in [-0.2, -0.15) is 0 Å². The van der Waals surface area contributed by atoms with Gasteiger partial charge in [0, 0.05) is 6.54 Å². The van der Waals surface area contributed by atoms with Crippen molar-refractivity contribution in [3.8, 4) is 5.75 Å². The van der Waals surface area contributed by atoms with Gasteiger partial charge < -0.3 is 9.47 Å². The van der Waals surface area contributed by atoms with Crippen molar-refractivity contribution in [2.75, 3.05) is 26.8 Å². The highest BCUT2D eigenvalue weighted by molar-refractivity contribution is 6.20. The highest BCUT2D eigenvalue weighted by atomic mass is 35.5. The van der Waals surface area contributed by atoms with Crippen molar-refractivity contribution in [1.29, 1.82) is 0 Å². The fourth-order valence-corrected chi connectivity index (χ4v) is 2.70. The maximum absolute atomic E-state index is 11.6. The van der Waals surface area contributed by atoms with E-state index in [-0.39, 0.29) is 17.4 Å². The topological polar surface area (TPSA) is 38.8 Å². The minimum Gasteiger partial charge on any atom is -0.492 e. The number of ether oxygens (including phenoxy) is 2. The molecule has 2 atom stereocenters. The molecule has 0 radical (unpaired) electrons. The maximum atomic E-state index is 11.6. The van der Waals surface area contributed by atoms with Crippen molar-refractivity contribution in [3.05, 3.63) is 30.3 Å². The van der Waals surface area contributed by atoms with Crippen LogP contribution in [-0.2, 0) is 9.53 Å². The Balaban J connectivity index is 1.79. The fourth-order valence-electron chi connectivity index (χ4n) is 2.46. The molecule has 0 aromatic heterocycles. The molecule has 0 N–H and O–H groups in total. The molecular formula is C15H20ClNO3. The first-order chi connectivity index (χ1) is 9.70. The lowest BCUT2D eigenvalue weighted by Crippen LogP contribution is -2.41. The SMILES string of the molecule is COC(=O)[C@@H]1CCCN1C[C@@H](Cl)COc1ccccc1. The number of esters is 1. The normalized spacial score (nSPS) is 20.6. The zero-order valence-corrected chi connectivity index (χ0v) is 12.4. The summed E-state index contributed by atoms with van der Waals surface area (Å²) >= 11 is 6.31. The third-order valence-electron chi connectivity index (χ3n) is 3.44. The average molecular weight is 298 g/mol. The molecule has 1 heterocycles. The van der Waals surface area contributed by atoms with E-state index in [9.17, 15) is 4.79 Å². The lowest BCUT2D eigenvalue weighted by Gasteiger charge is -2.24. The van der Waals surface area contributed by atoms with Crippen molar-refractivity contribution in [3.63, 3.8) is 0 Å². The van der Waals surface area contributed by atoms with Crippen LogP contribution in [0.5, 0.6) is 5.75 Å². The lowest BCUT2D eigenvalue weighted by molar-refractivity contribution is -0.145. The number of hydrogen-bond donors (Lipinski definition) is 0. The number of hydrogen-bond acceptors (Lipinski definition) is 4. The zero-order chi connectivity index (χ0) is 14.4. The Bertz CT molecular complexity index is 426. The summed E-state index contributed by atoms with van der Waals surface area (Å²) in [6, 6.07) is 9.43. The van der Waals surface area contributed by atoms with Gasteiger partial charge in [0.25, 0.3) is 0 Å². The van der Waals surface area contributed by atoms with Gasteiger partial charge in [0.1, 0.15) is 18.4 Å². The third kappa shape index (κ3) is 4.12. The van der Waals surface area contributed by atoms with E-state index in [1.54, 1.807) is 0 Å². The number of nitrogens with zero attached hydrogens (tertiary/aromatic N) is 1. The van der Waals surface area contributed by atoms with Crippen LogP contribution in [0.2, 0.25) is 0 Å². The number of carbonyl (C=O) groups excluding carboxylic acids is 1. The van der Waals surface area contributed by atoms with Gasteiger partial charge in [0.05, 0.1) is 12.5 Å². The highest BCUT2D eigenvalue weighted by Crippen LogP contribution is 2.20. The van der Waals surface area contributed by atoms with Gasteiger partial charge in [0.15, 0.2) is 0 Å². The summed E-state index contributed by atoms with van der Waals surface area (Å²) in [4.78, 5) is 13.7. The second-order valence-electron chi connectivity index (χ2n) is 4.90. The van der Waals surface area contributed by atoms with Crippen LogP contribution in [-0.4, -0.2) is 49.1 Å². The molecule has 0 bridgehead atoms. The molecule has 5 heteroatoms. The summed E-state index contributed by atoms with van der Waals surface area (Å²) in [5, 5.41) is -0.152. The molecule has 1 fully saturated rings. The number of methoxy groups -OCH3 is 1. The Hall–Kier alpha value is -1.26. The van der Waals surface area contributed by atoms with Gasteiger partial charge in [0.2, 0.25) is 0 Å². The van der Waals surface area contributed by atoms with Gasteiger partial charge in [-0.3, -0.25) is 9.69 Å². The van der Waals surface area contributed by atoms with E-state index >= 15 is 0 Å². The molecule has 1 aliphatic rings. The van der Waals surface area contributed by atoms with Gasteiger partial charge >= 0.3 is 5.97 Å². The van der Waals surface area contributed by atoms with Crippen LogP contribution in [0.25, 0.3) is 0 Å². The van der Waals surface area contributed by atoms with Crippen LogP contribution in [0.3, 0.4) is 0 Å². The Morgan fingerprint density at radius 2 is 2.20 bits per heavy atom. The van der Waals surface area contributed by atoms with E-state index in [0.717, 1.165) is 25.1 Å². The van der Waals surface area contributed by atoms with Gasteiger partial charge in [-0.05, 0) is 31.5 Å². The van der Waals surface area contributed by atoms with Crippen LogP contribution < -0.4 is 4.74 Å². The minimum absolute atomic E-state index is 0.152. The third-order valence-corrected chi connectivity index (χ3v) is 3.71. The number of rotatable bonds is 6. The monoisotopic (exact) mass is 297 g/mol. The van der Waals surface area contributed by atoms with Gasteiger partial charge in [-0.15, -0.1) is 11.6 Å². The van der Waals surface area contributed by atoms with E-state index in [2.05, 4.69) is 4.90 Å². The molecule has 2 rings (SSSR count). The van der Waals surface area contributed by atoms with Crippen LogP contribution in [0.4, 0.5) is 0 Å². The zero-order valence-electron chi connectivity index (χ0n) is 11.6. The van der Waals surface area contributed by atoms with Crippen molar-refractivity contribution in [1.82, 2.24) is 4.90 Å². The molecule has 1 aromatic carbocycles. The summed E-state index contributed by atoms with van der Waals surface area (Å²) < 4.78 is 10.4. The predicted octanol–water partition coefficient (Wildman–Crippen LogP) is 2.31. The van der Waals surface area contributed by atoms with Gasteiger partial charge in [-0.25, -0.2) is 0 Å². The van der Waals surface area contributed by atoms with Crippen LogP contribution in [0.1, 0.15) is 12.8 Å². The number of alkyl halides is 1. The summed E-state index contributed by atoms with van der Waals surface area (Å²) in [5.74, 6) is 0.638. The molecule has 1 aromatic rings. The molecule has 20 heavy (non-hydrogen) atoms. The summed E-state index contributed by atoms with van der Waals surface area (Å²) in [6.45, 7) is 1.94. The van der Waals surface area contributed by atoms with E-state index in [0.29, 0.717) is 13.2 Å². The molecule has 1 saturated heterocycles. The predicted molar refractivity (Wildman–Crippen MR) is 78.2 cm³/mol. The molecular weight excluding hydrogens is 278 g/mol. The molecule has 4 nitrogen and oxygen atoms in total. The van der Waals surface area contributed by atoms with Gasteiger partial charge in [-0.1, -0.05) is 18.2 Å². The first-order valence-corrected chi connectivity index (χ1v) is 7.28. The lowest BCUT2D eigenvalue weighted by atomic mass is 10.2. The molecule has 0 amide bonds. The van der Waals surface area contributed by atoms with E-state index in [1.165, 1.54) is 7.11 Å². The second-order valence-corrected chi connectivity index (χ2v) is 5.51. The number of para-hydroxylation sites is 1. The van der Waals surface area contributed by atoms with Crippen LogP contribution in [0, 0.1) is 0 Å². The van der Waals surface area contributed by atoms with Crippen LogP contribution in [0.15, 0.2) is 30.3 Å². The van der Waals surface area contributed by atoms with E-state index < -0.39 is 0 Å². The Morgan fingerprint density at radius 1 is 1.45 bits per heavy atom. The molecule has 0 saturated carbocycles. The van der Waals surface area contributed by atoms with Crippen molar-refractivity contribution in [2.24, 2.45) is 0 Å². The standard InChI is InChI=1S/C15H20ClNO3/c1-19-15(18)14-8-5-9-17(14)10-12(16)11-20-13-6-3-2-4-7-13/h2-4,6-7,12,14H,5,8-11H2,1H3/t12-,14+/m1/s1. The Kier molecular flexibility index (Phi) is 5.68. The smallest absolute Gasteiger partial charge is 0.323 e. The van der Waals surface area contributed by atoms with Crippen molar-refractivity contribution < 1.29 is 14.3 Å². The molecule has 0 aliphatic carbocycles. The maximum Gasteiger partial charge on any atom is 0.323 e. The Labute approximate surface area is 124 Å². The van der Waals surface area contributed by atoms with Crippen molar-refractivity contribution >= 4 is 17.6 Å². The average Bonchev–Trinajstić information content (AvgIpc) is 2.93. The van der Waals surface area contributed by atoms with Crippen molar-refractivity contribution in [2.45, 2.75) is 24.3 Å². The summed E-state index contributed by atoms with van der Waals surface area (Å²) in [7, 11) is 1.43. The largest absolute Gasteiger partial charge is 0.492 e. The van der Waals surface area contributed by atoms with Crippen LogP contribution >= 0.6 is 11.6 Å². The summed E-state index contributed by atoms with van der Waals surface area (Å²) in [6.07, 6.45) is 1.85. The Morgan fingerprint density at radius 3 is 2.90 bits per heavy atom. The quantitative estimate of drug-likeness (QED) is 0.597. The number of benzene rings is 1. The molecule has 110 valence electrons. The fraction of sp³-hybridized carbons (Fsp3) is 0.533. The minimum atomic E-state index is -0.171. The summed E-state index contributed by atoms with van der Waals surface area (Å²) in [5.41, 5.74) is 0. The number of halogens is 1. The number of carbonyl (C=O) groups is 1. The molecule has 0 unspecified atom stereocenters.